The molecular weight excluding hydrogens is 188 g/mol. The lowest BCUT2D eigenvalue weighted by Crippen LogP contribution is -2.48. The lowest BCUT2D eigenvalue weighted by Gasteiger charge is -2.29. The minimum atomic E-state index is 0.169. The average Bonchev–Trinajstić information content (AvgIpc) is 2.30. The molecule has 1 amide bonds. The Balaban J connectivity index is 2.30. The quantitative estimate of drug-likeness (QED) is 0.784. The van der Waals surface area contributed by atoms with E-state index in [1.807, 2.05) is 23.1 Å². The van der Waals surface area contributed by atoms with E-state index in [1.54, 1.807) is 0 Å². The van der Waals surface area contributed by atoms with E-state index >= 15 is 0 Å². The van der Waals surface area contributed by atoms with Crippen LogP contribution in [0.4, 0.5) is 5.69 Å². The average molecular weight is 204 g/mol. The predicted molar refractivity (Wildman–Crippen MR) is 61.0 cm³/mol. The second kappa shape index (κ2) is 4.45. The van der Waals surface area contributed by atoms with Gasteiger partial charge in [-0.25, -0.2) is 0 Å². The second-order valence-corrected chi connectivity index (χ2v) is 3.70. The standard InChI is InChI=1S/C12H16N2O/c1-2-10-5-3-4-6-11(10)14-8-7-13-9-12(14)15/h3-6,13H,2,7-9H2,1H3. The van der Waals surface area contributed by atoms with Gasteiger partial charge in [-0.1, -0.05) is 25.1 Å². The molecule has 1 heterocycles. The molecule has 0 aromatic heterocycles. The highest BCUT2D eigenvalue weighted by atomic mass is 16.2. The maximum Gasteiger partial charge on any atom is 0.240 e. The molecule has 1 aromatic carbocycles. The fourth-order valence-corrected chi connectivity index (χ4v) is 1.93. The van der Waals surface area contributed by atoms with Gasteiger partial charge >= 0.3 is 0 Å². The van der Waals surface area contributed by atoms with E-state index in [9.17, 15) is 4.79 Å². The van der Waals surface area contributed by atoms with Crippen LogP contribution < -0.4 is 10.2 Å². The van der Waals surface area contributed by atoms with Crippen LogP contribution in [-0.4, -0.2) is 25.5 Å². The van der Waals surface area contributed by atoms with Crippen LogP contribution in [0, 0.1) is 0 Å². The summed E-state index contributed by atoms with van der Waals surface area (Å²) in [6.07, 6.45) is 0.966. The molecule has 0 saturated carbocycles. The van der Waals surface area contributed by atoms with E-state index in [0.717, 1.165) is 25.2 Å². The Labute approximate surface area is 90.1 Å². The minimum absolute atomic E-state index is 0.169. The summed E-state index contributed by atoms with van der Waals surface area (Å²) >= 11 is 0. The van der Waals surface area contributed by atoms with Crippen molar-refractivity contribution in [3.63, 3.8) is 0 Å². The van der Waals surface area contributed by atoms with Crippen molar-refractivity contribution in [2.24, 2.45) is 0 Å². The van der Waals surface area contributed by atoms with Crippen molar-refractivity contribution >= 4 is 11.6 Å². The molecule has 80 valence electrons. The number of carbonyl (C=O) groups excluding carboxylic acids is 1. The molecule has 1 saturated heterocycles. The van der Waals surface area contributed by atoms with Crippen molar-refractivity contribution in [2.75, 3.05) is 24.5 Å². The highest BCUT2D eigenvalue weighted by Crippen LogP contribution is 2.21. The molecule has 0 atom stereocenters. The number of nitrogens with one attached hydrogen (secondary N) is 1. The zero-order chi connectivity index (χ0) is 10.7. The number of piperazine rings is 1. The zero-order valence-corrected chi connectivity index (χ0v) is 8.99. The monoisotopic (exact) mass is 204 g/mol. The number of aryl methyl sites for hydroxylation is 1. The highest BCUT2D eigenvalue weighted by molar-refractivity contribution is 5.96. The molecule has 0 unspecified atom stereocenters. The molecule has 1 N–H and O–H groups in total. The smallest absolute Gasteiger partial charge is 0.240 e. The molecule has 1 fully saturated rings. The maximum atomic E-state index is 11.7. The summed E-state index contributed by atoms with van der Waals surface area (Å²) < 4.78 is 0. The van der Waals surface area contributed by atoms with Gasteiger partial charge in [-0.15, -0.1) is 0 Å². The third-order valence-electron chi connectivity index (χ3n) is 2.75. The number of benzene rings is 1. The van der Waals surface area contributed by atoms with Crippen LogP contribution in [0.3, 0.4) is 0 Å². The van der Waals surface area contributed by atoms with Gasteiger partial charge in [0.25, 0.3) is 0 Å². The van der Waals surface area contributed by atoms with Crippen molar-refractivity contribution < 1.29 is 4.79 Å². The normalized spacial score (nSPS) is 16.9. The summed E-state index contributed by atoms with van der Waals surface area (Å²) in [5.74, 6) is 0.169. The van der Waals surface area contributed by atoms with Gasteiger partial charge in [0.2, 0.25) is 5.91 Å². The summed E-state index contributed by atoms with van der Waals surface area (Å²) in [4.78, 5) is 13.6. The van der Waals surface area contributed by atoms with Crippen LogP contribution in [0.5, 0.6) is 0 Å². The molecule has 3 heteroatoms. The summed E-state index contributed by atoms with van der Waals surface area (Å²) in [7, 11) is 0. The van der Waals surface area contributed by atoms with Crippen molar-refractivity contribution in [1.29, 1.82) is 0 Å². The predicted octanol–water partition coefficient (Wildman–Crippen LogP) is 1.19. The van der Waals surface area contributed by atoms with E-state index < -0.39 is 0 Å². The number of hydrogen-bond acceptors (Lipinski definition) is 2. The molecule has 3 nitrogen and oxygen atoms in total. The van der Waals surface area contributed by atoms with Gasteiger partial charge in [0.05, 0.1) is 6.54 Å². The Morgan fingerprint density at radius 1 is 1.40 bits per heavy atom. The summed E-state index contributed by atoms with van der Waals surface area (Å²) in [6.45, 7) is 4.23. The van der Waals surface area contributed by atoms with E-state index in [1.165, 1.54) is 5.56 Å². The Morgan fingerprint density at radius 2 is 2.20 bits per heavy atom. The Kier molecular flexibility index (Phi) is 3.02. The first-order chi connectivity index (χ1) is 7.33. The van der Waals surface area contributed by atoms with Gasteiger partial charge in [0.1, 0.15) is 0 Å². The van der Waals surface area contributed by atoms with Crippen LogP contribution in [-0.2, 0) is 11.2 Å². The van der Waals surface area contributed by atoms with Crippen LogP contribution in [0.15, 0.2) is 24.3 Å². The number of nitrogens with zero attached hydrogens (tertiary/aromatic N) is 1. The molecule has 0 radical (unpaired) electrons. The van der Waals surface area contributed by atoms with Gasteiger partial charge in [0, 0.05) is 18.8 Å². The third-order valence-corrected chi connectivity index (χ3v) is 2.75. The third kappa shape index (κ3) is 2.02. The Morgan fingerprint density at radius 3 is 2.93 bits per heavy atom. The largest absolute Gasteiger partial charge is 0.310 e. The number of rotatable bonds is 2. The van der Waals surface area contributed by atoms with E-state index in [0.29, 0.717) is 6.54 Å². The fraction of sp³-hybridized carbons (Fsp3) is 0.417. The van der Waals surface area contributed by atoms with Crippen molar-refractivity contribution in [2.45, 2.75) is 13.3 Å². The molecule has 0 bridgehead atoms. The molecule has 1 aliphatic heterocycles. The first-order valence-corrected chi connectivity index (χ1v) is 5.42. The van der Waals surface area contributed by atoms with E-state index in [-0.39, 0.29) is 5.91 Å². The summed E-state index contributed by atoms with van der Waals surface area (Å²) in [6, 6.07) is 8.13. The molecule has 0 aliphatic carbocycles. The van der Waals surface area contributed by atoms with Crippen molar-refractivity contribution in [3.8, 4) is 0 Å². The molecule has 1 aliphatic rings. The lowest BCUT2D eigenvalue weighted by molar-refractivity contribution is -0.118. The van der Waals surface area contributed by atoms with Gasteiger partial charge in [0.15, 0.2) is 0 Å². The summed E-state index contributed by atoms with van der Waals surface area (Å²) in [5, 5.41) is 3.08. The first kappa shape index (κ1) is 10.2. The zero-order valence-electron chi connectivity index (χ0n) is 8.99. The molecule has 1 aromatic rings. The fourth-order valence-electron chi connectivity index (χ4n) is 1.93. The molecule has 15 heavy (non-hydrogen) atoms. The topological polar surface area (TPSA) is 32.3 Å². The van der Waals surface area contributed by atoms with Gasteiger partial charge in [-0.2, -0.15) is 0 Å². The molecular formula is C12H16N2O. The lowest BCUT2D eigenvalue weighted by atomic mass is 10.1. The van der Waals surface area contributed by atoms with Crippen LogP contribution >= 0.6 is 0 Å². The van der Waals surface area contributed by atoms with Gasteiger partial charge in [-0.3, -0.25) is 4.79 Å². The van der Waals surface area contributed by atoms with E-state index in [2.05, 4.69) is 18.3 Å². The minimum Gasteiger partial charge on any atom is -0.310 e. The van der Waals surface area contributed by atoms with E-state index in [4.69, 9.17) is 0 Å². The highest BCUT2D eigenvalue weighted by Gasteiger charge is 2.20. The number of amides is 1. The van der Waals surface area contributed by atoms with Gasteiger partial charge in [-0.05, 0) is 18.1 Å². The number of anilines is 1. The Hall–Kier alpha value is -1.35. The summed E-state index contributed by atoms with van der Waals surface area (Å²) in [5.41, 5.74) is 2.32. The maximum absolute atomic E-state index is 11.7. The molecule has 0 spiro atoms. The molecule has 2 rings (SSSR count). The van der Waals surface area contributed by atoms with Crippen molar-refractivity contribution in [3.05, 3.63) is 29.8 Å². The van der Waals surface area contributed by atoms with Crippen LogP contribution in [0.25, 0.3) is 0 Å². The second-order valence-electron chi connectivity index (χ2n) is 3.70. The first-order valence-electron chi connectivity index (χ1n) is 5.42. The number of para-hydroxylation sites is 1. The van der Waals surface area contributed by atoms with Gasteiger partial charge < -0.3 is 10.2 Å². The van der Waals surface area contributed by atoms with Crippen molar-refractivity contribution in [1.82, 2.24) is 5.32 Å². The number of hydrogen-bond donors (Lipinski definition) is 1. The van der Waals surface area contributed by atoms with Crippen LogP contribution in [0.1, 0.15) is 12.5 Å². The number of carbonyl (C=O) groups is 1. The van der Waals surface area contributed by atoms with Crippen LogP contribution in [0.2, 0.25) is 0 Å². The SMILES string of the molecule is CCc1ccccc1N1CCNCC1=O. The Bertz CT molecular complexity index is 362.